The number of carbonyl (C=O) groups excluding carboxylic acids is 1. The molecule has 2 aromatic rings. The van der Waals surface area contributed by atoms with Crippen LogP contribution < -0.4 is 9.47 Å². The maximum atomic E-state index is 14.1. The number of aliphatic carboxylic acids is 1. The molecule has 0 aromatic heterocycles. The number of fused-ring (bicyclic) bond motifs is 1. The molecule has 3 heterocycles. The van der Waals surface area contributed by atoms with Gasteiger partial charge in [-0.1, -0.05) is 25.4 Å². The summed E-state index contributed by atoms with van der Waals surface area (Å²) in [6, 6.07) is 9.71. The van der Waals surface area contributed by atoms with E-state index < -0.39 is 17.7 Å². The minimum absolute atomic E-state index is 0.148. The van der Waals surface area contributed by atoms with Crippen LogP contribution in [-0.4, -0.2) is 71.7 Å². The molecule has 9 heteroatoms. The Morgan fingerprint density at radius 1 is 1.18 bits per heavy atom. The average Bonchev–Trinajstić information content (AvgIpc) is 3.49. The van der Waals surface area contributed by atoms with E-state index in [0.29, 0.717) is 19.6 Å². The zero-order valence-electron chi connectivity index (χ0n) is 21.8. The summed E-state index contributed by atoms with van der Waals surface area (Å²) in [5.41, 5.74) is 1.00. The van der Waals surface area contributed by atoms with Crippen molar-refractivity contribution in [2.45, 2.75) is 45.1 Å². The summed E-state index contributed by atoms with van der Waals surface area (Å²) in [4.78, 5) is 28.3. The molecule has 7 nitrogen and oxygen atoms in total. The normalized spacial score (nSPS) is 20.8. The Labute approximate surface area is 227 Å². The largest absolute Gasteiger partial charge is 0.492 e. The summed E-state index contributed by atoms with van der Waals surface area (Å²) >= 11 is 6.17. The van der Waals surface area contributed by atoms with Gasteiger partial charge in [-0.25, -0.2) is 4.39 Å². The van der Waals surface area contributed by atoms with Crippen LogP contribution in [0.5, 0.6) is 11.5 Å². The number of halogens is 2. The van der Waals surface area contributed by atoms with Crippen LogP contribution in [0.4, 0.5) is 4.39 Å². The molecule has 0 bridgehead atoms. The van der Waals surface area contributed by atoms with Crippen LogP contribution in [0.3, 0.4) is 0 Å². The third-order valence-electron chi connectivity index (χ3n) is 7.90. The fourth-order valence-electron chi connectivity index (χ4n) is 5.83. The lowest BCUT2D eigenvalue weighted by atomic mass is 9.85. The molecule has 3 aliphatic heterocycles. The number of likely N-dealkylation sites (tertiary alicyclic amines) is 2. The molecule has 2 aromatic carbocycles. The van der Waals surface area contributed by atoms with Crippen molar-refractivity contribution in [3.8, 4) is 11.5 Å². The van der Waals surface area contributed by atoms with Crippen molar-refractivity contribution < 1.29 is 28.6 Å². The maximum absolute atomic E-state index is 14.1. The standard InChI is InChI=1S/C29H34ClFN2O5/c1-28(2,17-32-11-8-29(9-12-32)15-20-13-21(30)3-6-24(20)38-29)18-37-25-14-22(31)4-5-23(25)26(34)33-10-7-19(16-33)27(35)36/h3-6,13-14,19H,7-12,15-18H2,1-2H3,(H,35,36)/t19-/m1/s1. The van der Waals surface area contributed by atoms with Gasteiger partial charge in [0.25, 0.3) is 5.91 Å². The quantitative estimate of drug-likeness (QED) is 0.534. The van der Waals surface area contributed by atoms with E-state index in [1.54, 1.807) is 0 Å². The Bertz CT molecular complexity index is 1230. The molecule has 0 unspecified atom stereocenters. The first-order valence-corrected chi connectivity index (χ1v) is 13.5. The number of nitrogens with zero attached hydrogens (tertiary/aromatic N) is 2. The van der Waals surface area contributed by atoms with Gasteiger partial charge in [-0.2, -0.15) is 0 Å². The first kappa shape index (κ1) is 26.8. The second kappa shape index (κ2) is 10.4. The van der Waals surface area contributed by atoms with Crippen LogP contribution in [0.2, 0.25) is 5.02 Å². The second-order valence-electron chi connectivity index (χ2n) is 11.7. The van der Waals surface area contributed by atoms with Crippen molar-refractivity contribution in [1.29, 1.82) is 0 Å². The third kappa shape index (κ3) is 5.76. The van der Waals surface area contributed by atoms with Gasteiger partial charge >= 0.3 is 5.97 Å². The van der Waals surface area contributed by atoms with E-state index >= 15 is 0 Å². The topological polar surface area (TPSA) is 79.3 Å². The Morgan fingerprint density at radius 3 is 2.66 bits per heavy atom. The highest BCUT2D eigenvalue weighted by Crippen LogP contribution is 2.42. The summed E-state index contributed by atoms with van der Waals surface area (Å²) in [6.07, 6.45) is 3.13. The number of rotatable bonds is 7. The van der Waals surface area contributed by atoms with E-state index in [4.69, 9.17) is 21.1 Å². The lowest BCUT2D eigenvalue weighted by Crippen LogP contribution is -2.50. The Morgan fingerprint density at radius 2 is 1.95 bits per heavy atom. The summed E-state index contributed by atoms with van der Waals surface area (Å²) in [6.45, 7) is 7.58. The van der Waals surface area contributed by atoms with Crippen LogP contribution in [0, 0.1) is 17.2 Å². The monoisotopic (exact) mass is 544 g/mol. The van der Waals surface area contributed by atoms with Crippen LogP contribution in [-0.2, 0) is 11.2 Å². The van der Waals surface area contributed by atoms with Gasteiger partial charge in [0, 0.05) is 68.5 Å². The fourth-order valence-corrected chi connectivity index (χ4v) is 6.03. The van der Waals surface area contributed by atoms with E-state index in [1.165, 1.54) is 28.7 Å². The predicted octanol–water partition coefficient (Wildman–Crippen LogP) is 4.90. The van der Waals surface area contributed by atoms with Crippen LogP contribution in [0.1, 0.15) is 49.0 Å². The summed E-state index contributed by atoms with van der Waals surface area (Å²) < 4.78 is 26.5. The van der Waals surface area contributed by atoms with Crippen molar-refractivity contribution in [2.75, 3.05) is 39.3 Å². The Balaban J connectivity index is 1.17. The van der Waals surface area contributed by atoms with E-state index in [9.17, 15) is 19.1 Å². The highest BCUT2D eigenvalue weighted by Gasteiger charge is 2.42. The van der Waals surface area contributed by atoms with Gasteiger partial charge in [0.2, 0.25) is 0 Å². The van der Waals surface area contributed by atoms with Crippen molar-refractivity contribution in [2.24, 2.45) is 11.3 Å². The van der Waals surface area contributed by atoms with Crippen molar-refractivity contribution >= 4 is 23.5 Å². The number of piperidine rings is 1. The Hall–Kier alpha value is -2.84. The van der Waals surface area contributed by atoms with E-state index in [2.05, 4.69) is 18.7 Å². The molecule has 1 spiro atoms. The van der Waals surface area contributed by atoms with Gasteiger partial charge in [0.05, 0.1) is 18.1 Å². The van der Waals surface area contributed by atoms with Crippen molar-refractivity contribution in [1.82, 2.24) is 9.80 Å². The number of hydrogen-bond acceptors (Lipinski definition) is 5. The van der Waals surface area contributed by atoms with E-state index in [1.807, 2.05) is 18.2 Å². The molecule has 5 rings (SSSR count). The molecule has 38 heavy (non-hydrogen) atoms. The predicted molar refractivity (Wildman–Crippen MR) is 142 cm³/mol. The molecule has 1 N–H and O–H groups in total. The molecule has 0 radical (unpaired) electrons. The minimum atomic E-state index is -0.908. The molecule has 1 atom stereocenters. The molecule has 1 amide bonds. The smallest absolute Gasteiger partial charge is 0.308 e. The van der Waals surface area contributed by atoms with Crippen LogP contribution in [0.15, 0.2) is 36.4 Å². The van der Waals surface area contributed by atoms with E-state index in [0.717, 1.165) is 49.7 Å². The number of carbonyl (C=O) groups is 2. The van der Waals surface area contributed by atoms with Gasteiger partial charge in [-0.3, -0.25) is 9.59 Å². The minimum Gasteiger partial charge on any atom is -0.492 e. The van der Waals surface area contributed by atoms with Crippen molar-refractivity contribution in [3.05, 3.63) is 58.4 Å². The van der Waals surface area contributed by atoms with E-state index in [-0.39, 0.29) is 34.8 Å². The molecule has 204 valence electrons. The van der Waals surface area contributed by atoms with Gasteiger partial charge < -0.3 is 24.4 Å². The van der Waals surface area contributed by atoms with Gasteiger partial charge in [-0.05, 0) is 42.3 Å². The van der Waals surface area contributed by atoms with Gasteiger partial charge in [0.1, 0.15) is 22.9 Å². The molecule has 0 saturated carbocycles. The molecular formula is C29H34ClFN2O5. The molecule has 3 aliphatic rings. The molecule has 2 saturated heterocycles. The molecule has 2 fully saturated rings. The highest BCUT2D eigenvalue weighted by molar-refractivity contribution is 6.30. The Kier molecular flexibility index (Phi) is 7.31. The summed E-state index contributed by atoms with van der Waals surface area (Å²) in [5.74, 6) is -1.18. The zero-order valence-corrected chi connectivity index (χ0v) is 22.6. The number of hydrogen-bond donors (Lipinski definition) is 1. The van der Waals surface area contributed by atoms with Crippen LogP contribution in [0.25, 0.3) is 0 Å². The summed E-state index contributed by atoms with van der Waals surface area (Å²) in [7, 11) is 0. The lowest BCUT2D eigenvalue weighted by Gasteiger charge is -2.41. The molecular weight excluding hydrogens is 511 g/mol. The number of ether oxygens (including phenoxy) is 2. The molecule has 0 aliphatic carbocycles. The first-order valence-electron chi connectivity index (χ1n) is 13.2. The SMILES string of the molecule is CC(C)(COc1cc(F)ccc1C(=O)N1CC[C@@H](C(=O)O)C1)CN1CCC2(CC1)Cc1cc(Cl)ccc1O2. The lowest BCUT2D eigenvalue weighted by molar-refractivity contribution is -0.141. The van der Waals surface area contributed by atoms with Crippen LogP contribution >= 0.6 is 11.6 Å². The average molecular weight is 545 g/mol. The van der Waals surface area contributed by atoms with Gasteiger partial charge in [0.15, 0.2) is 0 Å². The zero-order chi connectivity index (χ0) is 27.1. The van der Waals surface area contributed by atoms with Crippen molar-refractivity contribution in [3.63, 3.8) is 0 Å². The van der Waals surface area contributed by atoms with Gasteiger partial charge in [-0.15, -0.1) is 0 Å². The highest BCUT2D eigenvalue weighted by atomic mass is 35.5. The third-order valence-corrected chi connectivity index (χ3v) is 8.13. The number of carboxylic acid groups (broad SMARTS) is 1. The second-order valence-corrected chi connectivity index (χ2v) is 12.1. The number of benzene rings is 2. The maximum Gasteiger partial charge on any atom is 0.308 e. The first-order chi connectivity index (χ1) is 18.0. The summed E-state index contributed by atoms with van der Waals surface area (Å²) in [5, 5.41) is 10.00. The fraction of sp³-hybridized carbons (Fsp3) is 0.517. The number of carboxylic acids is 1. The number of amides is 1.